The Bertz CT molecular complexity index is 528. The van der Waals surface area contributed by atoms with E-state index in [1.807, 2.05) is 24.3 Å². The van der Waals surface area contributed by atoms with E-state index in [4.69, 9.17) is 4.74 Å². The summed E-state index contributed by atoms with van der Waals surface area (Å²) < 4.78 is 33.7. The van der Waals surface area contributed by atoms with Crippen molar-refractivity contribution in [1.82, 2.24) is 9.03 Å². The van der Waals surface area contributed by atoms with Gasteiger partial charge in [-0.05, 0) is 36.5 Å². The quantitative estimate of drug-likeness (QED) is 0.901. The van der Waals surface area contributed by atoms with Crippen LogP contribution in [0.25, 0.3) is 0 Å². The molecule has 1 aromatic rings. The minimum Gasteiger partial charge on any atom is -0.497 e. The first-order chi connectivity index (χ1) is 9.51. The summed E-state index contributed by atoms with van der Waals surface area (Å²) in [6, 6.07) is 7.37. The molecule has 20 heavy (non-hydrogen) atoms. The Labute approximate surface area is 121 Å². The fourth-order valence-electron chi connectivity index (χ4n) is 2.37. The number of hydrogen-bond acceptors (Lipinski definition) is 3. The number of benzene rings is 1. The van der Waals surface area contributed by atoms with E-state index < -0.39 is 10.2 Å². The second kappa shape index (κ2) is 6.56. The molecule has 0 bridgehead atoms. The van der Waals surface area contributed by atoms with Gasteiger partial charge in [-0.3, -0.25) is 0 Å². The van der Waals surface area contributed by atoms with Gasteiger partial charge in [0.1, 0.15) is 5.75 Å². The Morgan fingerprint density at radius 2 is 2.05 bits per heavy atom. The van der Waals surface area contributed by atoms with Crippen molar-refractivity contribution in [3.63, 3.8) is 0 Å². The zero-order valence-electron chi connectivity index (χ0n) is 12.0. The van der Waals surface area contributed by atoms with E-state index in [9.17, 15) is 8.42 Å². The number of methoxy groups -OCH3 is 1. The molecule has 112 valence electrons. The summed E-state index contributed by atoms with van der Waals surface area (Å²) in [6.07, 6.45) is 2.04. The Kier molecular flexibility index (Phi) is 5.01. The molecule has 1 aliphatic heterocycles. The summed E-state index contributed by atoms with van der Waals surface area (Å²) >= 11 is 0. The number of rotatable bonds is 5. The Morgan fingerprint density at radius 3 is 2.65 bits per heavy atom. The second-order valence-corrected chi connectivity index (χ2v) is 7.03. The van der Waals surface area contributed by atoms with Crippen LogP contribution in [-0.2, 0) is 16.8 Å². The van der Waals surface area contributed by atoms with Gasteiger partial charge in [-0.25, -0.2) is 0 Å². The van der Waals surface area contributed by atoms with Crippen molar-refractivity contribution in [3.05, 3.63) is 29.8 Å². The average Bonchev–Trinajstić information content (AvgIpc) is 2.46. The number of nitrogens with zero attached hydrogens (tertiary/aromatic N) is 1. The Hall–Kier alpha value is -1.11. The van der Waals surface area contributed by atoms with Crippen molar-refractivity contribution < 1.29 is 13.2 Å². The average molecular weight is 298 g/mol. The van der Waals surface area contributed by atoms with Gasteiger partial charge in [-0.2, -0.15) is 17.4 Å². The molecule has 2 rings (SSSR count). The van der Waals surface area contributed by atoms with Gasteiger partial charge in [0.15, 0.2) is 0 Å². The van der Waals surface area contributed by atoms with Crippen molar-refractivity contribution in [2.75, 3.05) is 20.2 Å². The van der Waals surface area contributed by atoms with Gasteiger partial charge in [0, 0.05) is 19.6 Å². The monoisotopic (exact) mass is 298 g/mol. The highest BCUT2D eigenvalue weighted by Gasteiger charge is 2.26. The van der Waals surface area contributed by atoms with Crippen LogP contribution >= 0.6 is 0 Å². The lowest BCUT2D eigenvalue weighted by molar-refractivity contribution is 0.278. The van der Waals surface area contributed by atoms with Gasteiger partial charge in [0.2, 0.25) is 0 Å². The molecule has 1 fully saturated rings. The Morgan fingerprint density at radius 1 is 1.35 bits per heavy atom. The molecule has 5 nitrogen and oxygen atoms in total. The molecule has 0 saturated carbocycles. The van der Waals surface area contributed by atoms with Crippen LogP contribution in [0.5, 0.6) is 5.75 Å². The number of nitrogens with one attached hydrogen (secondary N) is 1. The van der Waals surface area contributed by atoms with Crippen molar-refractivity contribution in [3.8, 4) is 5.75 Å². The summed E-state index contributed by atoms with van der Waals surface area (Å²) in [5.74, 6) is 1.20. The van der Waals surface area contributed by atoms with Crippen molar-refractivity contribution in [2.45, 2.75) is 26.3 Å². The zero-order valence-corrected chi connectivity index (χ0v) is 12.8. The van der Waals surface area contributed by atoms with Gasteiger partial charge >= 0.3 is 0 Å². The van der Waals surface area contributed by atoms with Gasteiger partial charge in [0.25, 0.3) is 10.2 Å². The largest absolute Gasteiger partial charge is 0.497 e. The lowest BCUT2D eigenvalue weighted by atomic mass is 10.0. The maximum atomic E-state index is 12.2. The van der Waals surface area contributed by atoms with Crippen molar-refractivity contribution in [2.24, 2.45) is 5.92 Å². The lowest BCUT2D eigenvalue weighted by Gasteiger charge is -2.30. The normalized spacial score (nSPS) is 20.8. The van der Waals surface area contributed by atoms with E-state index >= 15 is 0 Å². The molecule has 1 heterocycles. The van der Waals surface area contributed by atoms with E-state index in [-0.39, 0.29) is 0 Å². The van der Waals surface area contributed by atoms with Crippen molar-refractivity contribution >= 4 is 10.2 Å². The molecule has 0 amide bonds. The van der Waals surface area contributed by atoms with Crippen LogP contribution in [0.4, 0.5) is 0 Å². The first-order valence-corrected chi connectivity index (χ1v) is 8.33. The lowest BCUT2D eigenvalue weighted by Crippen LogP contribution is -2.45. The van der Waals surface area contributed by atoms with Crippen LogP contribution in [0.3, 0.4) is 0 Å². The number of piperidine rings is 1. The van der Waals surface area contributed by atoms with E-state index in [0.717, 1.165) is 24.2 Å². The fraction of sp³-hybridized carbons (Fsp3) is 0.571. The second-order valence-electron chi connectivity index (χ2n) is 5.28. The van der Waals surface area contributed by atoms with Gasteiger partial charge in [-0.15, -0.1) is 0 Å². The Balaban J connectivity index is 1.94. The van der Waals surface area contributed by atoms with E-state index in [1.165, 1.54) is 0 Å². The predicted octanol–water partition coefficient (Wildman–Crippen LogP) is 1.76. The van der Waals surface area contributed by atoms with Crippen LogP contribution in [-0.4, -0.2) is 32.9 Å². The van der Waals surface area contributed by atoms with Gasteiger partial charge in [0.05, 0.1) is 7.11 Å². The molecule has 0 radical (unpaired) electrons. The smallest absolute Gasteiger partial charge is 0.279 e. The third-order valence-corrected chi connectivity index (χ3v) is 5.10. The molecule has 1 saturated heterocycles. The standard InChI is InChI=1S/C14H22N2O3S/c1-12-4-3-9-16(11-12)20(17,18)15-10-13-5-7-14(19-2)8-6-13/h5-8,12,15H,3-4,9-11H2,1-2H3. The highest BCUT2D eigenvalue weighted by atomic mass is 32.2. The summed E-state index contributed by atoms with van der Waals surface area (Å²) in [5, 5.41) is 0. The van der Waals surface area contributed by atoms with Crippen LogP contribution in [0.2, 0.25) is 0 Å². The van der Waals surface area contributed by atoms with Gasteiger partial charge < -0.3 is 4.74 Å². The molecule has 6 heteroatoms. The topological polar surface area (TPSA) is 58.6 Å². The molecular weight excluding hydrogens is 276 g/mol. The minimum atomic E-state index is -3.38. The molecular formula is C14H22N2O3S. The first-order valence-electron chi connectivity index (χ1n) is 6.89. The molecule has 0 aliphatic carbocycles. The third kappa shape index (κ3) is 3.94. The number of ether oxygens (including phenoxy) is 1. The molecule has 0 aromatic heterocycles. The van der Waals surface area contributed by atoms with Crippen molar-refractivity contribution in [1.29, 1.82) is 0 Å². The molecule has 1 N–H and O–H groups in total. The minimum absolute atomic E-state index is 0.303. The molecule has 1 aliphatic rings. The highest BCUT2D eigenvalue weighted by molar-refractivity contribution is 7.87. The fourth-order valence-corrected chi connectivity index (χ4v) is 3.73. The van der Waals surface area contributed by atoms with E-state index in [0.29, 0.717) is 25.6 Å². The van der Waals surface area contributed by atoms with Crippen LogP contribution in [0.15, 0.2) is 24.3 Å². The first kappa shape index (κ1) is 15.3. The van der Waals surface area contributed by atoms with E-state index in [1.54, 1.807) is 11.4 Å². The summed E-state index contributed by atoms with van der Waals surface area (Å²) in [6.45, 7) is 3.61. The van der Waals surface area contributed by atoms with Crippen LogP contribution in [0.1, 0.15) is 25.3 Å². The third-order valence-electron chi connectivity index (χ3n) is 3.58. The summed E-state index contributed by atoms with van der Waals surface area (Å²) in [5.41, 5.74) is 0.916. The zero-order chi connectivity index (χ0) is 14.6. The predicted molar refractivity (Wildman–Crippen MR) is 78.7 cm³/mol. The molecule has 1 aromatic carbocycles. The number of hydrogen-bond donors (Lipinski definition) is 1. The molecule has 1 unspecified atom stereocenters. The summed E-state index contributed by atoms with van der Waals surface area (Å²) in [4.78, 5) is 0. The molecule has 0 spiro atoms. The maximum absolute atomic E-state index is 12.2. The molecule has 1 atom stereocenters. The van der Waals surface area contributed by atoms with Gasteiger partial charge in [-0.1, -0.05) is 19.1 Å². The maximum Gasteiger partial charge on any atom is 0.279 e. The van der Waals surface area contributed by atoms with Crippen LogP contribution in [0, 0.1) is 5.92 Å². The SMILES string of the molecule is COc1ccc(CNS(=O)(=O)N2CCCC(C)C2)cc1. The summed E-state index contributed by atoms with van der Waals surface area (Å²) in [7, 11) is -1.77. The van der Waals surface area contributed by atoms with Crippen LogP contribution < -0.4 is 9.46 Å². The van der Waals surface area contributed by atoms with E-state index in [2.05, 4.69) is 11.6 Å². The highest BCUT2D eigenvalue weighted by Crippen LogP contribution is 2.18.